The van der Waals surface area contributed by atoms with Gasteiger partial charge in [-0.05, 0) is 44.0 Å². The Morgan fingerprint density at radius 2 is 1.55 bits per heavy atom. The number of aliphatic hydroxyl groups is 2. The zero-order valence-corrected chi connectivity index (χ0v) is 29.2. The second kappa shape index (κ2) is 15.2. The molecule has 270 valence electrons. The second-order valence-electron chi connectivity index (χ2n) is 14.1. The number of fused-ring (bicyclic) bond motifs is 1. The number of carbonyl (C=O) groups is 2. The van der Waals surface area contributed by atoms with Gasteiger partial charge in [0, 0.05) is 50.6 Å². The van der Waals surface area contributed by atoms with Gasteiger partial charge in [-0.2, -0.15) is 9.97 Å². The number of nitrogens with zero attached hydrogens (tertiary/aromatic N) is 6. The van der Waals surface area contributed by atoms with Crippen LogP contribution >= 0.6 is 0 Å². The predicted molar refractivity (Wildman–Crippen MR) is 195 cm³/mol. The van der Waals surface area contributed by atoms with Crippen LogP contribution in [-0.2, 0) is 4.79 Å². The van der Waals surface area contributed by atoms with Crippen LogP contribution in [0.3, 0.4) is 0 Å². The minimum absolute atomic E-state index is 0.0243. The first-order valence-corrected chi connectivity index (χ1v) is 18.0. The molecule has 14 nitrogen and oxygen atoms in total. The lowest BCUT2D eigenvalue weighted by molar-refractivity contribution is -0.122. The predicted octanol–water partition coefficient (Wildman–Crippen LogP) is 2.21. The number of imidazole rings is 1. The third-order valence-corrected chi connectivity index (χ3v) is 10.5. The van der Waals surface area contributed by atoms with Gasteiger partial charge in [-0.15, -0.1) is 0 Å². The Morgan fingerprint density at radius 1 is 0.882 bits per heavy atom. The molecule has 1 unspecified atom stereocenters. The quantitative estimate of drug-likeness (QED) is 0.137. The molecule has 2 aliphatic heterocycles. The molecule has 1 saturated carbocycles. The highest BCUT2D eigenvalue weighted by Crippen LogP contribution is 2.35. The molecule has 1 aliphatic carbocycles. The van der Waals surface area contributed by atoms with Gasteiger partial charge in [0.25, 0.3) is 0 Å². The van der Waals surface area contributed by atoms with Crippen molar-refractivity contribution in [3.63, 3.8) is 0 Å². The number of urea groups is 1. The number of likely N-dealkylation sites (N-methyl/N-ethyl adjacent to an activating group) is 1. The molecule has 0 spiro atoms. The van der Waals surface area contributed by atoms with Gasteiger partial charge in [-0.3, -0.25) is 4.79 Å². The smallest absolute Gasteiger partial charge is 0.315 e. The molecule has 51 heavy (non-hydrogen) atoms. The molecule has 2 saturated heterocycles. The number of aliphatic hydroxyl groups excluding tert-OH is 2. The Labute approximate surface area is 297 Å². The fourth-order valence-corrected chi connectivity index (χ4v) is 7.67. The first-order chi connectivity index (χ1) is 24.8. The van der Waals surface area contributed by atoms with Crippen molar-refractivity contribution in [1.29, 1.82) is 0 Å². The maximum Gasteiger partial charge on any atom is 0.315 e. The van der Waals surface area contributed by atoms with Crippen LogP contribution in [0.5, 0.6) is 0 Å². The molecular formula is C37H48N10O4. The largest absolute Gasteiger partial charge is 0.388 e. The van der Waals surface area contributed by atoms with E-state index in [1.54, 1.807) is 17.8 Å². The number of likely N-dealkylation sites (tertiary alicyclic amines) is 1. The minimum Gasteiger partial charge on any atom is -0.388 e. The van der Waals surface area contributed by atoms with Crippen molar-refractivity contribution < 1.29 is 19.8 Å². The van der Waals surface area contributed by atoms with Gasteiger partial charge in [-0.25, -0.2) is 9.78 Å². The molecule has 7 rings (SSSR count). The van der Waals surface area contributed by atoms with E-state index in [2.05, 4.69) is 62.4 Å². The molecule has 4 aromatic rings. The van der Waals surface area contributed by atoms with Gasteiger partial charge < -0.3 is 45.8 Å². The number of hydrogen-bond donors (Lipinski definition) is 6. The van der Waals surface area contributed by atoms with Crippen LogP contribution in [0, 0.1) is 0 Å². The molecule has 3 amide bonds. The maximum atomic E-state index is 12.9. The zero-order valence-electron chi connectivity index (χ0n) is 29.2. The molecule has 6 N–H and O–H groups in total. The van der Waals surface area contributed by atoms with Crippen LogP contribution in [-0.4, -0.2) is 117 Å². The average Bonchev–Trinajstić information content (AvgIpc) is 3.94. The minimum atomic E-state index is -1.14. The van der Waals surface area contributed by atoms with E-state index in [0.29, 0.717) is 49.0 Å². The van der Waals surface area contributed by atoms with Crippen molar-refractivity contribution in [1.82, 2.24) is 40.4 Å². The van der Waals surface area contributed by atoms with Crippen LogP contribution in [0.1, 0.15) is 55.7 Å². The van der Waals surface area contributed by atoms with Crippen LogP contribution in [0.4, 0.5) is 16.6 Å². The van der Waals surface area contributed by atoms with Crippen molar-refractivity contribution in [2.24, 2.45) is 0 Å². The number of nitrogens with one attached hydrogen (secondary N) is 4. The summed E-state index contributed by atoms with van der Waals surface area (Å²) < 4.78 is 1.79. The molecule has 0 radical (unpaired) electrons. The Bertz CT molecular complexity index is 1770. The average molecular weight is 697 g/mol. The summed E-state index contributed by atoms with van der Waals surface area (Å²) in [7, 11) is 2.06. The first kappa shape index (κ1) is 34.6. The Hall–Kier alpha value is -4.79. The monoisotopic (exact) mass is 696 g/mol. The van der Waals surface area contributed by atoms with E-state index in [4.69, 9.17) is 15.0 Å². The van der Waals surface area contributed by atoms with Crippen LogP contribution in [0.25, 0.3) is 11.2 Å². The lowest BCUT2D eigenvalue weighted by Gasteiger charge is -2.22. The van der Waals surface area contributed by atoms with Gasteiger partial charge in [0.15, 0.2) is 17.0 Å². The Morgan fingerprint density at radius 3 is 2.20 bits per heavy atom. The lowest BCUT2D eigenvalue weighted by atomic mass is 9.91. The standard InChI is InChI=1S/C37H48N10O4/c1-3-30(48)42-28-18-29(33(50)32(28)49)47-22-39-31-34(38-19-27(23-10-6-4-7-11-23)24-12-8-5-9-13-24)43-36(44-35(31)47)46-17-15-26(21-46)41-37(51)40-25-14-16-45(2)20-25/h4-13,22,25-29,32-33,49-50H,3,14-21H2,1-2H3,(H,42,48)(H,38,43,44)(H2,40,41,51)/t25-,26+,28-,29?,32+,33-/m0/s1. The van der Waals surface area contributed by atoms with E-state index in [9.17, 15) is 19.8 Å². The summed E-state index contributed by atoms with van der Waals surface area (Å²) in [4.78, 5) is 44.1. The van der Waals surface area contributed by atoms with E-state index >= 15 is 0 Å². The number of carbonyl (C=O) groups excluding carboxylic acids is 2. The van der Waals surface area contributed by atoms with E-state index in [-0.39, 0.29) is 36.4 Å². The van der Waals surface area contributed by atoms with Gasteiger partial charge in [-0.1, -0.05) is 67.6 Å². The summed E-state index contributed by atoms with van der Waals surface area (Å²) in [6.07, 6.45) is 1.61. The summed E-state index contributed by atoms with van der Waals surface area (Å²) in [5.74, 6) is 0.866. The van der Waals surface area contributed by atoms with Crippen molar-refractivity contribution in [2.45, 2.75) is 74.9 Å². The fourth-order valence-electron chi connectivity index (χ4n) is 7.67. The highest BCUT2D eigenvalue weighted by molar-refractivity contribution is 5.85. The summed E-state index contributed by atoms with van der Waals surface area (Å²) in [5, 5.41) is 34.8. The number of aromatic nitrogens is 4. The second-order valence-corrected chi connectivity index (χ2v) is 14.1. The molecule has 4 heterocycles. The number of hydrogen-bond acceptors (Lipinski definition) is 10. The van der Waals surface area contributed by atoms with E-state index < -0.39 is 24.3 Å². The highest BCUT2D eigenvalue weighted by Gasteiger charge is 2.44. The SMILES string of the molecule is CCC(=O)N[C@H]1CC(n2cnc3c(NCC(c4ccccc4)c4ccccc4)nc(N4CC[C@@H](NC(=O)N[C@H]5CCN(C)C5)C4)nc32)[C@H](O)[C@@H]1O. The Kier molecular flexibility index (Phi) is 10.3. The van der Waals surface area contributed by atoms with Gasteiger partial charge in [0.2, 0.25) is 11.9 Å². The number of benzene rings is 2. The van der Waals surface area contributed by atoms with E-state index in [1.165, 1.54) is 0 Å². The zero-order chi connectivity index (χ0) is 35.5. The topological polar surface area (TPSA) is 173 Å². The summed E-state index contributed by atoms with van der Waals surface area (Å²) in [6.45, 7) is 5.27. The molecule has 3 aliphatic rings. The number of amides is 3. The lowest BCUT2D eigenvalue weighted by Crippen LogP contribution is -2.47. The third kappa shape index (κ3) is 7.63. The van der Waals surface area contributed by atoms with Gasteiger partial charge in [0.1, 0.15) is 12.2 Å². The normalized spacial score (nSPS) is 25.1. The highest BCUT2D eigenvalue weighted by atomic mass is 16.3. The molecule has 0 bridgehead atoms. The number of anilines is 2. The molecule has 2 aromatic carbocycles. The first-order valence-electron chi connectivity index (χ1n) is 18.0. The molecular weight excluding hydrogens is 648 g/mol. The van der Waals surface area contributed by atoms with Gasteiger partial charge >= 0.3 is 6.03 Å². The Balaban J connectivity index is 1.17. The third-order valence-electron chi connectivity index (χ3n) is 10.5. The van der Waals surface area contributed by atoms with E-state index in [0.717, 1.165) is 37.1 Å². The van der Waals surface area contributed by atoms with Crippen molar-refractivity contribution in [3.8, 4) is 0 Å². The van der Waals surface area contributed by atoms with Crippen molar-refractivity contribution in [3.05, 3.63) is 78.1 Å². The maximum absolute atomic E-state index is 12.9. The van der Waals surface area contributed by atoms with Gasteiger partial charge in [0.05, 0.1) is 18.4 Å². The summed E-state index contributed by atoms with van der Waals surface area (Å²) in [5.41, 5.74) is 3.37. The summed E-state index contributed by atoms with van der Waals surface area (Å²) in [6, 6.07) is 19.4. The van der Waals surface area contributed by atoms with Crippen LogP contribution < -0.4 is 26.2 Å². The molecule has 3 fully saturated rings. The molecule has 6 atom stereocenters. The van der Waals surface area contributed by atoms with Crippen molar-refractivity contribution >= 4 is 34.9 Å². The van der Waals surface area contributed by atoms with Crippen LogP contribution in [0.2, 0.25) is 0 Å². The van der Waals surface area contributed by atoms with Crippen molar-refractivity contribution in [2.75, 3.05) is 50.0 Å². The number of rotatable bonds is 11. The summed E-state index contributed by atoms with van der Waals surface area (Å²) >= 11 is 0. The van der Waals surface area contributed by atoms with Crippen LogP contribution in [0.15, 0.2) is 67.0 Å². The molecule has 14 heteroatoms. The van der Waals surface area contributed by atoms with E-state index in [1.807, 2.05) is 36.4 Å². The fraction of sp³-hybridized carbons (Fsp3) is 0.486. The molecule has 2 aromatic heterocycles.